The van der Waals surface area contributed by atoms with Crippen LogP contribution in [0.15, 0.2) is 23.9 Å². The summed E-state index contributed by atoms with van der Waals surface area (Å²) in [6, 6.07) is 1.70. The number of rotatable bonds is 3. The molecular weight excluding hydrogens is 197 g/mol. The van der Waals surface area contributed by atoms with Crippen LogP contribution < -0.4 is 5.32 Å². The lowest BCUT2D eigenvalue weighted by molar-refractivity contribution is 1.14. The Bertz CT molecular complexity index is 288. The fourth-order valence-electron chi connectivity index (χ4n) is 0.620. The Hall–Kier alpha value is -0.800. The zero-order valence-electron chi connectivity index (χ0n) is 6.22. The van der Waals surface area contributed by atoms with Gasteiger partial charge in [-0.2, -0.15) is 0 Å². The van der Waals surface area contributed by atoms with E-state index < -0.39 is 0 Å². The molecule has 0 atom stereocenters. The molecule has 0 aliphatic carbocycles. The molecule has 0 amide bonds. The molecule has 1 rings (SSSR count). The van der Waals surface area contributed by atoms with E-state index in [0.717, 1.165) is 0 Å². The summed E-state index contributed by atoms with van der Waals surface area (Å²) in [6.07, 6.45) is 1.56. The standard InChI is InChI=1S/C7H7Cl2N3/c1-5(8)4-11-6-2-3-10-7(9)12-6/h2-3H,1,4H2,(H,10,11,12). The highest BCUT2D eigenvalue weighted by atomic mass is 35.5. The lowest BCUT2D eigenvalue weighted by Crippen LogP contribution is -2.02. The fraction of sp³-hybridized carbons (Fsp3) is 0.143. The van der Waals surface area contributed by atoms with E-state index in [1.54, 1.807) is 12.3 Å². The Balaban J connectivity index is 2.57. The van der Waals surface area contributed by atoms with E-state index in [1.807, 2.05) is 0 Å². The van der Waals surface area contributed by atoms with Crippen LogP contribution in [-0.4, -0.2) is 16.5 Å². The molecule has 12 heavy (non-hydrogen) atoms. The van der Waals surface area contributed by atoms with Gasteiger partial charge in [-0.05, 0) is 17.7 Å². The molecule has 5 heteroatoms. The van der Waals surface area contributed by atoms with Crippen LogP contribution in [0.4, 0.5) is 5.82 Å². The van der Waals surface area contributed by atoms with Crippen molar-refractivity contribution in [3.05, 3.63) is 29.2 Å². The average Bonchev–Trinajstić information content (AvgIpc) is 2.01. The van der Waals surface area contributed by atoms with Crippen LogP contribution in [0.1, 0.15) is 0 Å². The summed E-state index contributed by atoms with van der Waals surface area (Å²) in [5, 5.41) is 3.64. The van der Waals surface area contributed by atoms with Crippen molar-refractivity contribution in [3.8, 4) is 0 Å². The van der Waals surface area contributed by atoms with Gasteiger partial charge < -0.3 is 5.32 Å². The summed E-state index contributed by atoms with van der Waals surface area (Å²) in [7, 11) is 0. The minimum absolute atomic E-state index is 0.209. The van der Waals surface area contributed by atoms with Crippen LogP contribution in [0, 0.1) is 0 Å². The zero-order chi connectivity index (χ0) is 8.97. The molecular formula is C7H7Cl2N3. The first-order chi connectivity index (χ1) is 5.68. The molecule has 1 N–H and O–H groups in total. The zero-order valence-corrected chi connectivity index (χ0v) is 7.73. The van der Waals surface area contributed by atoms with E-state index in [2.05, 4.69) is 21.9 Å². The van der Waals surface area contributed by atoms with Crippen LogP contribution in [0.5, 0.6) is 0 Å². The third-order valence-electron chi connectivity index (χ3n) is 1.09. The van der Waals surface area contributed by atoms with Gasteiger partial charge in [-0.3, -0.25) is 0 Å². The van der Waals surface area contributed by atoms with E-state index in [1.165, 1.54) is 0 Å². The number of aromatic nitrogens is 2. The quantitative estimate of drug-likeness (QED) is 0.767. The first-order valence-corrected chi connectivity index (χ1v) is 4.00. The van der Waals surface area contributed by atoms with E-state index >= 15 is 0 Å². The molecule has 0 radical (unpaired) electrons. The van der Waals surface area contributed by atoms with E-state index in [9.17, 15) is 0 Å². The predicted octanol–water partition coefficient (Wildman–Crippen LogP) is 2.29. The average molecular weight is 204 g/mol. The Morgan fingerprint density at radius 2 is 2.42 bits per heavy atom. The third-order valence-corrected chi connectivity index (χ3v) is 1.40. The maximum absolute atomic E-state index is 5.54. The lowest BCUT2D eigenvalue weighted by atomic mass is 10.5. The maximum atomic E-state index is 5.54. The highest BCUT2D eigenvalue weighted by molar-refractivity contribution is 6.29. The molecule has 1 heterocycles. The predicted molar refractivity (Wildman–Crippen MR) is 50.5 cm³/mol. The van der Waals surface area contributed by atoms with E-state index in [0.29, 0.717) is 17.4 Å². The number of nitrogens with one attached hydrogen (secondary N) is 1. The van der Waals surface area contributed by atoms with Gasteiger partial charge in [-0.1, -0.05) is 18.2 Å². The summed E-state index contributed by atoms with van der Waals surface area (Å²) in [4.78, 5) is 7.61. The van der Waals surface area contributed by atoms with Gasteiger partial charge in [0.05, 0.1) is 6.54 Å². The summed E-state index contributed by atoms with van der Waals surface area (Å²) < 4.78 is 0. The van der Waals surface area contributed by atoms with Crippen LogP contribution >= 0.6 is 23.2 Å². The van der Waals surface area contributed by atoms with Crippen molar-refractivity contribution >= 4 is 29.0 Å². The SMILES string of the molecule is C=C(Cl)CNc1ccnc(Cl)n1. The molecule has 0 fully saturated rings. The smallest absolute Gasteiger partial charge is 0.224 e. The van der Waals surface area contributed by atoms with Crippen LogP contribution in [-0.2, 0) is 0 Å². The van der Waals surface area contributed by atoms with Crippen LogP contribution in [0.25, 0.3) is 0 Å². The highest BCUT2D eigenvalue weighted by Crippen LogP contribution is 2.06. The first-order valence-electron chi connectivity index (χ1n) is 3.24. The Kier molecular flexibility index (Phi) is 3.31. The molecule has 0 saturated heterocycles. The molecule has 0 aliphatic heterocycles. The number of halogens is 2. The second-order valence-corrected chi connectivity index (χ2v) is 2.95. The number of hydrogen-bond acceptors (Lipinski definition) is 3. The summed E-state index contributed by atoms with van der Waals surface area (Å²) in [5.41, 5.74) is 0. The monoisotopic (exact) mass is 203 g/mol. The van der Waals surface area contributed by atoms with Gasteiger partial charge >= 0.3 is 0 Å². The summed E-state index contributed by atoms with van der Waals surface area (Å²) in [5.74, 6) is 0.636. The van der Waals surface area contributed by atoms with Gasteiger partial charge in [0.25, 0.3) is 0 Å². The summed E-state index contributed by atoms with van der Waals surface area (Å²) >= 11 is 11.1. The van der Waals surface area contributed by atoms with Gasteiger partial charge in [0, 0.05) is 11.2 Å². The topological polar surface area (TPSA) is 37.8 Å². The molecule has 0 unspecified atom stereocenters. The van der Waals surface area contributed by atoms with Crippen LogP contribution in [0.2, 0.25) is 5.28 Å². The van der Waals surface area contributed by atoms with Crippen molar-refractivity contribution in [1.29, 1.82) is 0 Å². The Morgan fingerprint density at radius 1 is 1.67 bits per heavy atom. The van der Waals surface area contributed by atoms with Crippen molar-refractivity contribution in [2.24, 2.45) is 0 Å². The molecule has 1 aromatic rings. The molecule has 0 bridgehead atoms. The van der Waals surface area contributed by atoms with Crippen molar-refractivity contribution in [3.63, 3.8) is 0 Å². The number of nitrogens with zero attached hydrogens (tertiary/aromatic N) is 2. The van der Waals surface area contributed by atoms with Crippen molar-refractivity contribution < 1.29 is 0 Å². The second kappa shape index (κ2) is 4.28. The van der Waals surface area contributed by atoms with Gasteiger partial charge in [-0.25, -0.2) is 9.97 Å². The third kappa shape index (κ3) is 3.07. The first kappa shape index (κ1) is 9.29. The molecule has 1 aromatic heterocycles. The van der Waals surface area contributed by atoms with Crippen molar-refractivity contribution in [1.82, 2.24) is 9.97 Å². The Labute approximate surface area is 80.4 Å². The molecule has 0 saturated carbocycles. The molecule has 64 valence electrons. The van der Waals surface area contributed by atoms with Crippen LogP contribution in [0.3, 0.4) is 0 Å². The molecule has 0 aliphatic rings. The lowest BCUT2D eigenvalue weighted by Gasteiger charge is -2.02. The van der Waals surface area contributed by atoms with E-state index in [-0.39, 0.29) is 5.28 Å². The van der Waals surface area contributed by atoms with Gasteiger partial charge in [-0.15, -0.1) is 0 Å². The maximum Gasteiger partial charge on any atom is 0.224 e. The normalized spacial score (nSPS) is 9.50. The van der Waals surface area contributed by atoms with Crippen molar-refractivity contribution in [2.45, 2.75) is 0 Å². The number of hydrogen-bond donors (Lipinski definition) is 1. The molecule has 3 nitrogen and oxygen atoms in total. The minimum Gasteiger partial charge on any atom is -0.365 e. The highest BCUT2D eigenvalue weighted by Gasteiger charge is 1.95. The van der Waals surface area contributed by atoms with Gasteiger partial charge in [0.2, 0.25) is 5.28 Å². The largest absolute Gasteiger partial charge is 0.365 e. The van der Waals surface area contributed by atoms with Gasteiger partial charge in [0.1, 0.15) is 5.82 Å². The Morgan fingerprint density at radius 3 is 3.00 bits per heavy atom. The second-order valence-electron chi connectivity index (χ2n) is 2.08. The van der Waals surface area contributed by atoms with Gasteiger partial charge in [0.15, 0.2) is 0 Å². The molecule has 0 aromatic carbocycles. The summed E-state index contributed by atoms with van der Waals surface area (Å²) in [6.45, 7) is 3.99. The van der Waals surface area contributed by atoms with Crippen molar-refractivity contribution in [2.75, 3.05) is 11.9 Å². The minimum atomic E-state index is 0.209. The fourth-order valence-corrected chi connectivity index (χ4v) is 0.834. The molecule has 0 spiro atoms. The number of anilines is 1. The van der Waals surface area contributed by atoms with E-state index in [4.69, 9.17) is 23.2 Å².